The predicted molar refractivity (Wildman–Crippen MR) is 64.8 cm³/mol. The fraction of sp³-hybridized carbons (Fsp3) is 0.250. The van der Waals surface area contributed by atoms with Crippen LogP contribution in [0.2, 0.25) is 0 Å². The fourth-order valence-corrected chi connectivity index (χ4v) is 1.92. The number of aromatic nitrogens is 2. The van der Waals surface area contributed by atoms with E-state index in [1.807, 2.05) is 41.9 Å². The van der Waals surface area contributed by atoms with E-state index in [1.165, 1.54) is 0 Å². The van der Waals surface area contributed by atoms with Crippen LogP contribution in [0.1, 0.15) is 12.6 Å². The van der Waals surface area contributed by atoms with Crippen molar-refractivity contribution in [1.82, 2.24) is 9.36 Å². The summed E-state index contributed by atoms with van der Waals surface area (Å²) in [6.07, 6.45) is 0.733. The molecule has 0 aliphatic heterocycles. The molecule has 84 valence electrons. The second kappa shape index (κ2) is 3.89. The number of hydrogen-bond acceptors (Lipinski definition) is 2. The molecule has 1 heterocycles. The van der Waals surface area contributed by atoms with Crippen molar-refractivity contribution in [3.8, 4) is 5.69 Å². The van der Waals surface area contributed by atoms with Crippen LogP contribution in [0.4, 0.5) is 5.69 Å². The summed E-state index contributed by atoms with van der Waals surface area (Å²) in [5, 5.41) is 0. The number of anilines is 1. The molecule has 2 rings (SSSR count). The van der Waals surface area contributed by atoms with Crippen LogP contribution in [0.15, 0.2) is 35.1 Å². The summed E-state index contributed by atoms with van der Waals surface area (Å²) in [6, 6.07) is 9.74. The standard InChI is InChI=1S/C12H15N3O/c1-3-10-11(13)12(16)14(2)15(10)9-7-5-4-6-8-9/h4-8H,3,13H2,1-2H3. The SMILES string of the molecule is CCc1c(N)c(=O)n(C)n1-c1ccccc1. The molecule has 0 unspecified atom stereocenters. The highest BCUT2D eigenvalue weighted by Crippen LogP contribution is 2.15. The Morgan fingerprint density at radius 3 is 2.44 bits per heavy atom. The second-order valence-corrected chi connectivity index (χ2v) is 3.69. The molecular formula is C12H15N3O. The molecule has 0 bridgehead atoms. The molecule has 0 saturated heterocycles. The van der Waals surface area contributed by atoms with E-state index in [-0.39, 0.29) is 5.56 Å². The Morgan fingerprint density at radius 1 is 1.25 bits per heavy atom. The van der Waals surface area contributed by atoms with Crippen molar-refractivity contribution in [1.29, 1.82) is 0 Å². The van der Waals surface area contributed by atoms with E-state index in [1.54, 1.807) is 11.7 Å². The zero-order valence-electron chi connectivity index (χ0n) is 9.47. The third-order valence-corrected chi connectivity index (χ3v) is 2.73. The molecule has 0 radical (unpaired) electrons. The Kier molecular flexibility index (Phi) is 2.56. The van der Waals surface area contributed by atoms with Gasteiger partial charge in [0.05, 0.1) is 11.4 Å². The van der Waals surface area contributed by atoms with E-state index in [2.05, 4.69) is 0 Å². The highest BCUT2D eigenvalue weighted by molar-refractivity contribution is 5.46. The lowest BCUT2D eigenvalue weighted by molar-refractivity contribution is 0.621. The van der Waals surface area contributed by atoms with Crippen LogP contribution >= 0.6 is 0 Å². The Bertz CT molecular complexity index is 552. The normalized spacial score (nSPS) is 10.6. The maximum absolute atomic E-state index is 11.8. The lowest BCUT2D eigenvalue weighted by atomic mass is 10.2. The van der Waals surface area contributed by atoms with Crippen molar-refractivity contribution in [2.24, 2.45) is 7.05 Å². The van der Waals surface area contributed by atoms with Gasteiger partial charge in [0, 0.05) is 7.05 Å². The number of nitrogens with two attached hydrogens (primary N) is 1. The monoisotopic (exact) mass is 217 g/mol. The van der Waals surface area contributed by atoms with E-state index in [4.69, 9.17) is 5.73 Å². The average Bonchev–Trinajstić information content (AvgIpc) is 2.54. The molecule has 2 aromatic rings. The summed E-state index contributed by atoms with van der Waals surface area (Å²) in [4.78, 5) is 11.8. The van der Waals surface area contributed by atoms with Crippen LogP contribution in [-0.2, 0) is 13.5 Å². The molecule has 0 aliphatic rings. The Morgan fingerprint density at radius 2 is 1.88 bits per heavy atom. The van der Waals surface area contributed by atoms with Crippen molar-refractivity contribution in [2.75, 3.05) is 5.73 Å². The van der Waals surface area contributed by atoms with Crippen LogP contribution in [0.5, 0.6) is 0 Å². The Labute approximate surface area is 93.9 Å². The summed E-state index contributed by atoms with van der Waals surface area (Å²) in [7, 11) is 1.73. The zero-order chi connectivity index (χ0) is 11.7. The number of nitrogen functional groups attached to an aromatic ring is 1. The number of para-hydroxylation sites is 1. The van der Waals surface area contributed by atoms with Gasteiger partial charge in [-0.15, -0.1) is 0 Å². The third kappa shape index (κ3) is 1.43. The second-order valence-electron chi connectivity index (χ2n) is 3.69. The molecule has 0 saturated carbocycles. The quantitative estimate of drug-likeness (QED) is 0.824. The molecule has 0 aliphatic carbocycles. The number of benzene rings is 1. The van der Waals surface area contributed by atoms with E-state index >= 15 is 0 Å². The van der Waals surface area contributed by atoms with Gasteiger partial charge in [0.1, 0.15) is 5.69 Å². The highest BCUT2D eigenvalue weighted by Gasteiger charge is 2.14. The highest BCUT2D eigenvalue weighted by atomic mass is 16.1. The van der Waals surface area contributed by atoms with E-state index in [9.17, 15) is 4.79 Å². The molecule has 4 nitrogen and oxygen atoms in total. The largest absolute Gasteiger partial charge is 0.393 e. The minimum absolute atomic E-state index is 0.138. The first-order valence-electron chi connectivity index (χ1n) is 5.28. The first-order valence-corrected chi connectivity index (χ1v) is 5.28. The summed E-state index contributed by atoms with van der Waals surface area (Å²) >= 11 is 0. The van der Waals surface area contributed by atoms with E-state index in [0.717, 1.165) is 17.8 Å². The van der Waals surface area contributed by atoms with Crippen molar-refractivity contribution in [2.45, 2.75) is 13.3 Å². The van der Waals surface area contributed by atoms with Gasteiger partial charge >= 0.3 is 0 Å². The minimum atomic E-state index is -0.138. The van der Waals surface area contributed by atoms with Crippen LogP contribution in [-0.4, -0.2) is 9.36 Å². The van der Waals surface area contributed by atoms with Gasteiger partial charge in [-0.2, -0.15) is 0 Å². The van der Waals surface area contributed by atoms with Crippen LogP contribution in [0, 0.1) is 0 Å². The van der Waals surface area contributed by atoms with Crippen molar-refractivity contribution < 1.29 is 0 Å². The number of nitrogens with zero attached hydrogens (tertiary/aromatic N) is 2. The number of rotatable bonds is 2. The van der Waals surface area contributed by atoms with Gasteiger partial charge in [0.2, 0.25) is 0 Å². The van der Waals surface area contributed by atoms with Gasteiger partial charge < -0.3 is 5.73 Å². The average molecular weight is 217 g/mol. The third-order valence-electron chi connectivity index (χ3n) is 2.73. The molecule has 2 N–H and O–H groups in total. The van der Waals surface area contributed by atoms with Gasteiger partial charge in [0.15, 0.2) is 0 Å². The molecule has 16 heavy (non-hydrogen) atoms. The van der Waals surface area contributed by atoms with Crippen LogP contribution in [0.25, 0.3) is 5.69 Å². The molecule has 0 spiro atoms. The summed E-state index contributed by atoms with van der Waals surface area (Å²) in [5.74, 6) is 0. The molecule has 1 aromatic carbocycles. The van der Waals surface area contributed by atoms with Crippen LogP contribution in [0.3, 0.4) is 0 Å². The Hall–Kier alpha value is -1.97. The summed E-state index contributed by atoms with van der Waals surface area (Å²) in [6.45, 7) is 1.99. The molecule has 0 amide bonds. The minimum Gasteiger partial charge on any atom is -0.393 e. The van der Waals surface area contributed by atoms with Gasteiger partial charge in [-0.3, -0.25) is 9.48 Å². The lowest BCUT2D eigenvalue weighted by Gasteiger charge is -2.10. The van der Waals surface area contributed by atoms with Crippen molar-refractivity contribution in [3.63, 3.8) is 0 Å². The van der Waals surface area contributed by atoms with E-state index in [0.29, 0.717) is 5.69 Å². The first kappa shape index (κ1) is 10.5. The van der Waals surface area contributed by atoms with Gasteiger partial charge in [0.25, 0.3) is 5.56 Å². The maximum Gasteiger partial charge on any atom is 0.290 e. The molecular weight excluding hydrogens is 202 g/mol. The molecule has 4 heteroatoms. The fourth-order valence-electron chi connectivity index (χ4n) is 1.92. The lowest BCUT2D eigenvalue weighted by Crippen LogP contribution is -2.19. The van der Waals surface area contributed by atoms with Gasteiger partial charge in [-0.05, 0) is 18.6 Å². The topological polar surface area (TPSA) is 53.0 Å². The maximum atomic E-state index is 11.8. The van der Waals surface area contributed by atoms with Crippen LogP contribution < -0.4 is 11.3 Å². The zero-order valence-corrected chi connectivity index (χ0v) is 9.47. The van der Waals surface area contributed by atoms with Gasteiger partial charge in [-0.1, -0.05) is 25.1 Å². The van der Waals surface area contributed by atoms with Crippen molar-refractivity contribution in [3.05, 3.63) is 46.4 Å². The summed E-state index contributed by atoms with van der Waals surface area (Å²) in [5.41, 5.74) is 7.82. The molecule has 1 aromatic heterocycles. The molecule has 0 fully saturated rings. The first-order chi connectivity index (χ1) is 7.66. The van der Waals surface area contributed by atoms with Crippen molar-refractivity contribution >= 4 is 5.69 Å². The number of hydrogen-bond donors (Lipinski definition) is 1. The van der Waals surface area contributed by atoms with Gasteiger partial charge in [-0.25, -0.2) is 4.68 Å². The predicted octanol–water partition coefficient (Wildman–Crippen LogP) is 1.32. The summed E-state index contributed by atoms with van der Waals surface area (Å²) < 4.78 is 3.40. The molecule has 0 atom stereocenters. The Balaban J connectivity index is 2.75. The smallest absolute Gasteiger partial charge is 0.290 e. The van der Waals surface area contributed by atoms with E-state index < -0.39 is 0 Å².